The second-order valence-electron chi connectivity index (χ2n) is 9.27. The summed E-state index contributed by atoms with van der Waals surface area (Å²) in [6.45, 7) is 13.0. The molecule has 2 aliphatic carbocycles. The topological polar surface area (TPSA) is 80.3 Å². The zero-order valence-corrected chi connectivity index (χ0v) is 19.4. The summed E-state index contributed by atoms with van der Waals surface area (Å²) in [5, 5.41) is 2.60. The fourth-order valence-electron chi connectivity index (χ4n) is 3.87. The maximum absolute atomic E-state index is 12.2. The van der Waals surface area contributed by atoms with Gasteiger partial charge < -0.3 is 5.32 Å². The molecule has 0 aliphatic heterocycles. The third-order valence-electron chi connectivity index (χ3n) is 5.18. The van der Waals surface area contributed by atoms with Crippen LogP contribution in [-0.2, 0) is 14.4 Å². The molecule has 1 saturated carbocycles. The summed E-state index contributed by atoms with van der Waals surface area (Å²) < 4.78 is 0. The van der Waals surface area contributed by atoms with Crippen LogP contribution in [-0.4, -0.2) is 23.3 Å². The van der Waals surface area contributed by atoms with Crippen molar-refractivity contribution in [2.24, 2.45) is 5.41 Å². The van der Waals surface area contributed by atoms with Crippen LogP contribution < -0.4 is 5.32 Å². The van der Waals surface area contributed by atoms with Crippen LogP contribution in [0, 0.1) is 5.41 Å². The van der Waals surface area contributed by atoms with Crippen molar-refractivity contribution in [2.45, 2.75) is 61.3 Å². The summed E-state index contributed by atoms with van der Waals surface area (Å²) in [6, 6.07) is 7.45. The zero-order valence-electron chi connectivity index (χ0n) is 19.4. The van der Waals surface area contributed by atoms with E-state index < -0.39 is 0 Å². The quantitative estimate of drug-likeness (QED) is 0.512. The predicted molar refractivity (Wildman–Crippen MR) is 122 cm³/mol. The molecule has 1 aromatic carbocycles. The highest BCUT2D eigenvalue weighted by molar-refractivity contribution is 6.22. The van der Waals surface area contributed by atoms with E-state index in [4.69, 9.17) is 0 Å². The first-order chi connectivity index (χ1) is 14.3. The molecule has 1 N–H and O–H groups in total. The summed E-state index contributed by atoms with van der Waals surface area (Å²) in [6.07, 6.45) is 2.75. The van der Waals surface area contributed by atoms with E-state index in [-0.39, 0.29) is 28.7 Å². The minimum atomic E-state index is -0.234. The summed E-state index contributed by atoms with van der Waals surface area (Å²) in [7, 11) is 0. The number of Topliss-reactive ketones (excluding diaryl/α,β-unsaturated/α-hetero) is 3. The molecule has 2 aliphatic rings. The summed E-state index contributed by atoms with van der Waals surface area (Å²) in [4.78, 5) is 46.5. The van der Waals surface area contributed by atoms with E-state index in [1.807, 2.05) is 59.7 Å². The van der Waals surface area contributed by atoms with E-state index in [0.717, 1.165) is 22.3 Å². The lowest BCUT2D eigenvalue weighted by Crippen LogP contribution is -2.31. The third kappa shape index (κ3) is 5.75. The van der Waals surface area contributed by atoms with Gasteiger partial charge in [-0.2, -0.15) is 0 Å². The van der Waals surface area contributed by atoms with Gasteiger partial charge in [-0.1, -0.05) is 49.3 Å². The molecule has 0 heterocycles. The fraction of sp³-hybridized carbons (Fsp3) is 0.385. The molecule has 0 radical (unpaired) electrons. The largest absolute Gasteiger partial charge is 0.323 e. The molecule has 1 amide bonds. The Hall–Kier alpha value is -3.08. The standard InChI is InChI=1S/C15H15NO2.C11H16O2/c1-9(2)13-8-14(16-10(3)17)15(18)12-7-5-4-6-11(12)13;1-7(2)10-8(12)5-11(3,4)6-9(10)13/h4-8H,1-3H3,(H,16,17);5-6H2,1-4H3. The number of carbonyl (C=O) groups excluding carboxylic acids is 4. The van der Waals surface area contributed by atoms with Crippen molar-refractivity contribution < 1.29 is 19.2 Å². The smallest absolute Gasteiger partial charge is 0.221 e. The van der Waals surface area contributed by atoms with E-state index >= 15 is 0 Å². The first-order valence-electron chi connectivity index (χ1n) is 10.4. The molecule has 0 atom stereocenters. The maximum atomic E-state index is 12.2. The maximum Gasteiger partial charge on any atom is 0.221 e. The van der Waals surface area contributed by atoms with E-state index in [2.05, 4.69) is 5.32 Å². The number of fused-ring (bicyclic) bond motifs is 1. The van der Waals surface area contributed by atoms with Crippen molar-refractivity contribution in [3.05, 3.63) is 63.9 Å². The summed E-state index contributed by atoms with van der Waals surface area (Å²) >= 11 is 0. The van der Waals surface area contributed by atoms with E-state index in [0.29, 0.717) is 29.7 Å². The number of nitrogens with one attached hydrogen (secondary N) is 1. The molecule has 0 bridgehead atoms. The Bertz CT molecular complexity index is 1020. The Morgan fingerprint density at radius 3 is 1.81 bits per heavy atom. The molecule has 1 aromatic rings. The van der Waals surface area contributed by atoms with Gasteiger partial charge in [0.15, 0.2) is 11.6 Å². The molecule has 1 fully saturated rings. The van der Waals surface area contributed by atoms with E-state index in [1.54, 1.807) is 12.1 Å². The lowest BCUT2D eigenvalue weighted by molar-refractivity contribution is -0.127. The minimum Gasteiger partial charge on any atom is -0.323 e. The molecule has 3 rings (SSSR count). The van der Waals surface area contributed by atoms with Crippen molar-refractivity contribution in [3.63, 3.8) is 0 Å². The second-order valence-corrected chi connectivity index (χ2v) is 9.27. The monoisotopic (exact) mass is 421 g/mol. The van der Waals surface area contributed by atoms with Crippen LogP contribution in [0.3, 0.4) is 0 Å². The van der Waals surface area contributed by atoms with Gasteiger partial charge in [-0.25, -0.2) is 0 Å². The fourth-order valence-corrected chi connectivity index (χ4v) is 3.87. The first kappa shape index (κ1) is 24.2. The number of benzene rings is 1. The molecule has 0 spiro atoms. The van der Waals surface area contributed by atoms with Gasteiger partial charge in [0.1, 0.15) is 0 Å². The van der Waals surface area contributed by atoms with Crippen LogP contribution in [0.4, 0.5) is 0 Å². The van der Waals surface area contributed by atoms with Gasteiger partial charge in [-0.3, -0.25) is 19.2 Å². The van der Waals surface area contributed by atoms with Crippen molar-refractivity contribution in [1.29, 1.82) is 0 Å². The highest BCUT2D eigenvalue weighted by Gasteiger charge is 2.35. The molecule has 0 aromatic heterocycles. The zero-order chi connectivity index (χ0) is 23.5. The summed E-state index contributed by atoms with van der Waals surface area (Å²) in [5.74, 6) is -0.338. The molecule has 0 saturated heterocycles. The molecular formula is C26H31NO4. The average Bonchev–Trinajstić information content (AvgIpc) is 2.62. The lowest BCUT2D eigenvalue weighted by Gasteiger charge is -2.29. The Labute approximate surface area is 184 Å². The van der Waals surface area contributed by atoms with Crippen LogP contribution >= 0.6 is 0 Å². The van der Waals surface area contributed by atoms with Gasteiger partial charge in [-0.15, -0.1) is 0 Å². The first-order valence-corrected chi connectivity index (χ1v) is 10.4. The van der Waals surface area contributed by atoms with Crippen LogP contribution in [0.2, 0.25) is 0 Å². The number of hydrogen-bond donors (Lipinski definition) is 1. The number of amides is 1. The summed E-state index contributed by atoms with van der Waals surface area (Å²) in [5.41, 5.74) is 5.16. The van der Waals surface area contributed by atoms with Crippen molar-refractivity contribution in [3.8, 4) is 0 Å². The molecular weight excluding hydrogens is 390 g/mol. The molecule has 0 unspecified atom stereocenters. The molecule has 31 heavy (non-hydrogen) atoms. The Balaban J connectivity index is 0.000000233. The third-order valence-corrected chi connectivity index (χ3v) is 5.18. The van der Waals surface area contributed by atoms with Crippen LogP contribution in [0.25, 0.3) is 5.57 Å². The van der Waals surface area contributed by atoms with Crippen LogP contribution in [0.1, 0.15) is 77.2 Å². The Morgan fingerprint density at radius 1 is 0.839 bits per heavy atom. The van der Waals surface area contributed by atoms with E-state index in [1.165, 1.54) is 6.92 Å². The van der Waals surface area contributed by atoms with Gasteiger partial charge in [-0.05, 0) is 50.3 Å². The van der Waals surface area contributed by atoms with Gasteiger partial charge in [0.25, 0.3) is 0 Å². The number of allylic oxidation sites excluding steroid dienone is 6. The van der Waals surface area contributed by atoms with Gasteiger partial charge in [0.2, 0.25) is 11.7 Å². The predicted octanol–water partition coefficient (Wildman–Crippen LogP) is 4.98. The Kier molecular flexibility index (Phi) is 7.32. The Morgan fingerprint density at radius 2 is 1.35 bits per heavy atom. The van der Waals surface area contributed by atoms with Crippen molar-refractivity contribution in [2.75, 3.05) is 0 Å². The van der Waals surface area contributed by atoms with Gasteiger partial charge >= 0.3 is 0 Å². The molecule has 5 heteroatoms. The van der Waals surface area contributed by atoms with Gasteiger partial charge in [0, 0.05) is 25.3 Å². The van der Waals surface area contributed by atoms with Crippen LogP contribution in [0.5, 0.6) is 0 Å². The molecule has 5 nitrogen and oxygen atoms in total. The SMILES string of the molecule is CC(=O)NC1=CC(=C(C)C)c2ccccc2C1=O.CC(C)=C1C(=O)CC(C)(C)CC1=O. The minimum absolute atomic E-state index is 0.0150. The average molecular weight is 422 g/mol. The number of carbonyl (C=O) groups is 4. The van der Waals surface area contributed by atoms with Crippen molar-refractivity contribution in [1.82, 2.24) is 5.32 Å². The highest BCUT2D eigenvalue weighted by Crippen LogP contribution is 2.34. The van der Waals surface area contributed by atoms with Crippen molar-refractivity contribution >= 4 is 28.8 Å². The van der Waals surface area contributed by atoms with Gasteiger partial charge in [0.05, 0.1) is 11.3 Å². The number of hydrogen-bond acceptors (Lipinski definition) is 4. The number of rotatable bonds is 1. The highest BCUT2D eigenvalue weighted by atomic mass is 16.2. The van der Waals surface area contributed by atoms with Crippen LogP contribution in [0.15, 0.2) is 52.8 Å². The number of ketones is 3. The lowest BCUT2D eigenvalue weighted by atomic mass is 9.73. The second kappa shape index (κ2) is 9.38. The molecule has 164 valence electrons. The normalized spacial score (nSPS) is 17.3. The van der Waals surface area contributed by atoms with E-state index in [9.17, 15) is 19.2 Å².